The minimum Gasteiger partial charge on any atom is -0.422 e. The maximum absolute atomic E-state index is 12.4. The lowest BCUT2D eigenvalue weighted by molar-refractivity contribution is -0.170. The highest BCUT2D eigenvalue weighted by Gasteiger charge is 2.48. The van der Waals surface area contributed by atoms with Gasteiger partial charge in [-0.05, 0) is 6.07 Å². The molecule has 1 aromatic carbocycles. The molecule has 1 unspecified atom stereocenters. The van der Waals surface area contributed by atoms with E-state index in [1.165, 1.54) is 6.20 Å². The third-order valence-corrected chi connectivity index (χ3v) is 4.79. The summed E-state index contributed by atoms with van der Waals surface area (Å²) >= 11 is 1.11. The molecular weight excluding hydrogens is 380 g/mol. The zero-order valence-corrected chi connectivity index (χ0v) is 14.2. The molecule has 3 N–H and O–H groups in total. The predicted octanol–water partition coefficient (Wildman–Crippen LogP) is 0.164. The lowest BCUT2D eigenvalue weighted by Crippen LogP contribution is -2.49. The molecule has 27 heavy (non-hydrogen) atoms. The highest BCUT2D eigenvalue weighted by Crippen LogP contribution is 2.50. The largest absolute Gasteiger partial charge is 0.422 e. The van der Waals surface area contributed by atoms with Crippen LogP contribution in [-0.2, 0) is 14.4 Å². The second-order valence-electron chi connectivity index (χ2n) is 5.88. The number of ether oxygens (including phenoxy) is 3. The maximum atomic E-state index is 12.4. The summed E-state index contributed by atoms with van der Waals surface area (Å²) in [5, 5.41) is 12.2. The molecule has 0 saturated heterocycles. The van der Waals surface area contributed by atoms with Crippen molar-refractivity contribution in [2.75, 3.05) is 0 Å². The summed E-state index contributed by atoms with van der Waals surface area (Å²) in [5.74, 6) is -5.22. The SMILES string of the molecule is NC(=O)c1cc2c3c(c1-c1nccs1)OC(=O)CC(O)(CC(=O)O2)C(=O)O3. The van der Waals surface area contributed by atoms with Crippen molar-refractivity contribution < 1.29 is 38.5 Å². The molecule has 2 aliphatic rings. The normalized spacial score (nSPS) is 21.3. The lowest BCUT2D eigenvalue weighted by atomic mass is 9.94. The van der Waals surface area contributed by atoms with E-state index in [0.29, 0.717) is 0 Å². The van der Waals surface area contributed by atoms with Crippen molar-refractivity contribution in [1.82, 2.24) is 4.98 Å². The van der Waals surface area contributed by atoms with E-state index < -0.39 is 48.0 Å². The summed E-state index contributed by atoms with van der Waals surface area (Å²) < 4.78 is 15.5. The summed E-state index contributed by atoms with van der Waals surface area (Å²) in [6.07, 6.45) is -0.215. The first kappa shape index (κ1) is 17.1. The number of hydrogen-bond donors (Lipinski definition) is 2. The number of hydrogen-bond acceptors (Lipinski definition) is 10. The van der Waals surface area contributed by atoms with Gasteiger partial charge in [0, 0.05) is 11.6 Å². The van der Waals surface area contributed by atoms with Gasteiger partial charge in [-0.2, -0.15) is 0 Å². The molecule has 11 heteroatoms. The quantitative estimate of drug-likeness (QED) is 0.539. The van der Waals surface area contributed by atoms with Crippen molar-refractivity contribution in [2.24, 2.45) is 5.73 Å². The second kappa shape index (κ2) is 5.86. The number of nitrogens with zero attached hydrogens (tertiary/aromatic N) is 1. The van der Waals surface area contributed by atoms with E-state index in [2.05, 4.69) is 4.98 Å². The molecule has 1 aromatic heterocycles. The van der Waals surface area contributed by atoms with Crippen molar-refractivity contribution in [3.63, 3.8) is 0 Å². The number of carbonyl (C=O) groups is 4. The first-order valence-corrected chi connectivity index (χ1v) is 8.43. The number of aromatic nitrogens is 1. The van der Waals surface area contributed by atoms with Gasteiger partial charge in [0.1, 0.15) is 5.01 Å². The highest BCUT2D eigenvalue weighted by atomic mass is 32.1. The summed E-state index contributed by atoms with van der Waals surface area (Å²) in [4.78, 5) is 52.8. The number of amides is 1. The third kappa shape index (κ3) is 2.73. The Kier molecular flexibility index (Phi) is 3.71. The lowest BCUT2D eigenvalue weighted by Gasteiger charge is -2.30. The molecule has 2 aromatic rings. The van der Waals surface area contributed by atoms with E-state index in [-0.39, 0.29) is 27.6 Å². The van der Waals surface area contributed by atoms with E-state index in [4.69, 9.17) is 19.9 Å². The highest BCUT2D eigenvalue weighted by molar-refractivity contribution is 7.13. The number of fused-ring (bicyclic) bond motifs is 2. The fourth-order valence-electron chi connectivity index (χ4n) is 2.82. The van der Waals surface area contributed by atoms with Crippen LogP contribution in [0.5, 0.6) is 17.2 Å². The Morgan fingerprint density at radius 2 is 1.85 bits per heavy atom. The molecule has 0 spiro atoms. The standard InChI is InChI=1S/C16H10N2O8S/c17-13(21)6-3-7-11-12(10(6)14-18-1-2-27-14)25-9(20)5-16(23,15(22)26-11)4-8(19)24-7/h1-3,23H,4-5H2,(H2,17,21). The Bertz CT molecular complexity index is 1020. The van der Waals surface area contributed by atoms with E-state index in [1.54, 1.807) is 5.38 Å². The minimum atomic E-state index is -2.42. The maximum Gasteiger partial charge on any atom is 0.345 e. The Balaban J connectivity index is 2.08. The first-order chi connectivity index (χ1) is 12.8. The number of aliphatic hydroxyl groups is 1. The number of carbonyl (C=O) groups excluding carboxylic acids is 4. The number of benzene rings is 1. The molecule has 0 fully saturated rings. The van der Waals surface area contributed by atoms with Gasteiger partial charge in [-0.3, -0.25) is 14.4 Å². The van der Waals surface area contributed by atoms with Crippen molar-refractivity contribution in [3.05, 3.63) is 23.2 Å². The van der Waals surface area contributed by atoms with Gasteiger partial charge in [-0.25, -0.2) is 9.78 Å². The smallest absolute Gasteiger partial charge is 0.345 e. The number of primary amides is 1. The van der Waals surface area contributed by atoms with Crippen LogP contribution in [0.25, 0.3) is 10.6 Å². The van der Waals surface area contributed by atoms with Crippen LogP contribution in [0.2, 0.25) is 0 Å². The van der Waals surface area contributed by atoms with Crippen LogP contribution in [0.4, 0.5) is 0 Å². The molecule has 3 heterocycles. The van der Waals surface area contributed by atoms with Gasteiger partial charge in [0.2, 0.25) is 11.7 Å². The van der Waals surface area contributed by atoms with Crippen LogP contribution in [-0.4, -0.2) is 39.5 Å². The molecule has 10 nitrogen and oxygen atoms in total. The summed E-state index contributed by atoms with van der Waals surface area (Å²) in [5.41, 5.74) is 2.87. The van der Waals surface area contributed by atoms with Crippen LogP contribution in [0.15, 0.2) is 17.6 Å². The van der Waals surface area contributed by atoms with Crippen molar-refractivity contribution >= 4 is 35.2 Å². The van der Waals surface area contributed by atoms with E-state index >= 15 is 0 Å². The van der Waals surface area contributed by atoms with Crippen molar-refractivity contribution in [1.29, 1.82) is 0 Å². The van der Waals surface area contributed by atoms with Gasteiger partial charge in [0.25, 0.3) is 0 Å². The van der Waals surface area contributed by atoms with Crippen LogP contribution < -0.4 is 19.9 Å². The van der Waals surface area contributed by atoms with Crippen LogP contribution in [0, 0.1) is 0 Å². The van der Waals surface area contributed by atoms with Gasteiger partial charge in [-0.1, -0.05) is 0 Å². The fourth-order valence-corrected chi connectivity index (χ4v) is 3.51. The Morgan fingerprint density at radius 3 is 2.48 bits per heavy atom. The summed E-state index contributed by atoms with van der Waals surface area (Å²) in [6.45, 7) is 0. The zero-order chi connectivity index (χ0) is 19.3. The Labute approximate surface area is 154 Å². The summed E-state index contributed by atoms with van der Waals surface area (Å²) in [7, 11) is 0. The third-order valence-electron chi connectivity index (χ3n) is 4.00. The Hall–Kier alpha value is -3.31. The molecule has 1 amide bonds. The second-order valence-corrected chi connectivity index (χ2v) is 6.77. The average Bonchev–Trinajstić information content (AvgIpc) is 3.08. The number of nitrogens with two attached hydrogens (primary N) is 1. The monoisotopic (exact) mass is 390 g/mol. The first-order valence-electron chi connectivity index (χ1n) is 7.55. The molecular formula is C16H10N2O8S. The minimum absolute atomic E-state index is 0.0134. The molecule has 138 valence electrons. The van der Waals surface area contributed by atoms with E-state index in [9.17, 15) is 24.3 Å². The zero-order valence-electron chi connectivity index (χ0n) is 13.4. The number of rotatable bonds is 2. The molecule has 0 saturated carbocycles. The average molecular weight is 390 g/mol. The molecule has 2 aliphatic heterocycles. The summed E-state index contributed by atoms with van der Waals surface area (Å²) in [6, 6.07) is 1.10. The van der Waals surface area contributed by atoms with Gasteiger partial charge in [0.15, 0.2) is 17.1 Å². The topological polar surface area (TPSA) is 155 Å². The van der Waals surface area contributed by atoms with Crippen molar-refractivity contribution in [2.45, 2.75) is 18.4 Å². The molecule has 0 aliphatic carbocycles. The molecule has 1 atom stereocenters. The Morgan fingerprint density at radius 1 is 1.15 bits per heavy atom. The number of thiazole rings is 1. The van der Waals surface area contributed by atoms with Gasteiger partial charge < -0.3 is 25.1 Å². The van der Waals surface area contributed by atoms with E-state index in [1.807, 2.05) is 0 Å². The van der Waals surface area contributed by atoms with Gasteiger partial charge in [0.05, 0.1) is 24.0 Å². The fraction of sp³-hybridized carbons (Fsp3) is 0.188. The molecule has 4 rings (SSSR count). The molecule has 0 radical (unpaired) electrons. The molecule has 2 bridgehead atoms. The van der Waals surface area contributed by atoms with Crippen LogP contribution in [0.3, 0.4) is 0 Å². The predicted molar refractivity (Wildman–Crippen MR) is 87.2 cm³/mol. The van der Waals surface area contributed by atoms with Crippen LogP contribution in [0.1, 0.15) is 23.2 Å². The van der Waals surface area contributed by atoms with Crippen molar-refractivity contribution in [3.8, 4) is 27.8 Å². The van der Waals surface area contributed by atoms with Gasteiger partial charge in [-0.15, -0.1) is 11.3 Å². The number of esters is 3. The van der Waals surface area contributed by atoms with Crippen LogP contribution >= 0.6 is 11.3 Å². The van der Waals surface area contributed by atoms with Gasteiger partial charge >= 0.3 is 17.9 Å². The van der Waals surface area contributed by atoms with E-state index in [0.717, 1.165) is 17.4 Å².